The lowest BCUT2D eigenvalue weighted by molar-refractivity contribution is 0.308. The molecule has 1 aliphatic carbocycles. The van der Waals surface area contributed by atoms with Crippen molar-refractivity contribution in [2.45, 2.75) is 71.3 Å². The number of rotatable bonds is 5. The molecule has 0 atom stereocenters. The lowest BCUT2D eigenvalue weighted by Crippen LogP contribution is -2.13. The van der Waals surface area contributed by atoms with Crippen molar-refractivity contribution >= 4 is 11.3 Å². The Bertz CT molecular complexity index is 343. The molecule has 0 aromatic carbocycles. The molecule has 102 valence electrons. The predicted octanol–water partition coefficient (Wildman–Crippen LogP) is 4.24. The van der Waals surface area contributed by atoms with Crippen LogP contribution in [0.1, 0.15) is 73.9 Å². The monoisotopic (exact) mass is 266 g/mol. The number of aromatic nitrogens is 1. The molecule has 2 rings (SSSR count). The SMILES string of the molecule is CCCC1CCC(c2nc(CC)c(CN)s2)CC1. The summed E-state index contributed by atoms with van der Waals surface area (Å²) in [5.74, 6) is 1.69. The smallest absolute Gasteiger partial charge is 0.0962 e. The van der Waals surface area contributed by atoms with E-state index < -0.39 is 0 Å². The largest absolute Gasteiger partial charge is 0.326 e. The second-order valence-corrected chi connectivity index (χ2v) is 6.60. The third-order valence-corrected chi connectivity index (χ3v) is 5.49. The van der Waals surface area contributed by atoms with Crippen molar-refractivity contribution in [3.05, 3.63) is 15.6 Å². The van der Waals surface area contributed by atoms with Gasteiger partial charge in [-0.1, -0.05) is 26.7 Å². The van der Waals surface area contributed by atoms with E-state index >= 15 is 0 Å². The molecule has 0 saturated heterocycles. The zero-order valence-electron chi connectivity index (χ0n) is 11.7. The summed E-state index contributed by atoms with van der Waals surface area (Å²) in [5, 5.41) is 1.36. The predicted molar refractivity (Wildman–Crippen MR) is 79.0 cm³/mol. The number of aryl methyl sites for hydroxylation is 1. The van der Waals surface area contributed by atoms with Crippen LogP contribution < -0.4 is 5.73 Å². The third-order valence-electron chi connectivity index (χ3n) is 4.21. The Hall–Kier alpha value is -0.410. The number of nitrogens with zero attached hydrogens (tertiary/aromatic N) is 1. The van der Waals surface area contributed by atoms with Crippen LogP contribution in [0.15, 0.2) is 0 Å². The van der Waals surface area contributed by atoms with Crippen molar-refractivity contribution in [1.29, 1.82) is 0 Å². The van der Waals surface area contributed by atoms with Gasteiger partial charge >= 0.3 is 0 Å². The van der Waals surface area contributed by atoms with E-state index in [1.165, 1.54) is 54.1 Å². The molecule has 3 heteroatoms. The van der Waals surface area contributed by atoms with Gasteiger partial charge in [-0.15, -0.1) is 11.3 Å². The van der Waals surface area contributed by atoms with Crippen molar-refractivity contribution in [3.63, 3.8) is 0 Å². The van der Waals surface area contributed by atoms with Crippen molar-refractivity contribution in [2.24, 2.45) is 11.7 Å². The first-order valence-electron chi connectivity index (χ1n) is 7.46. The van der Waals surface area contributed by atoms with Gasteiger partial charge in [0.15, 0.2) is 0 Å². The fourth-order valence-corrected chi connectivity index (χ4v) is 4.32. The molecule has 0 radical (unpaired) electrons. The van der Waals surface area contributed by atoms with Crippen LogP contribution in [0.25, 0.3) is 0 Å². The van der Waals surface area contributed by atoms with E-state index in [0.29, 0.717) is 12.5 Å². The molecule has 1 fully saturated rings. The van der Waals surface area contributed by atoms with Crippen molar-refractivity contribution < 1.29 is 0 Å². The van der Waals surface area contributed by atoms with Gasteiger partial charge in [0.1, 0.15) is 0 Å². The topological polar surface area (TPSA) is 38.9 Å². The molecular formula is C15H26N2S. The molecule has 2 N–H and O–H groups in total. The molecular weight excluding hydrogens is 240 g/mol. The van der Waals surface area contributed by atoms with E-state index in [9.17, 15) is 0 Å². The van der Waals surface area contributed by atoms with Gasteiger partial charge in [-0.25, -0.2) is 4.98 Å². The van der Waals surface area contributed by atoms with Gasteiger partial charge in [0.25, 0.3) is 0 Å². The molecule has 1 aliphatic rings. The summed E-state index contributed by atoms with van der Waals surface area (Å²) < 4.78 is 0. The minimum Gasteiger partial charge on any atom is -0.326 e. The fraction of sp³-hybridized carbons (Fsp3) is 0.800. The second-order valence-electron chi connectivity index (χ2n) is 5.49. The molecule has 0 amide bonds. The minimum atomic E-state index is 0.659. The average Bonchev–Trinajstić information content (AvgIpc) is 2.83. The van der Waals surface area contributed by atoms with Gasteiger partial charge in [0.2, 0.25) is 0 Å². The van der Waals surface area contributed by atoms with Gasteiger partial charge in [0, 0.05) is 17.3 Å². The summed E-state index contributed by atoms with van der Waals surface area (Å²) >= 11 is 1.87. The van der Waals surface area contributed by atoms with E-state index in [1.54, 1.807) is 0 Å². The van der Waals surface area contributed by atoms with Crippen LogP contribution in [0.4, 0.5) is 0 Å². The van der Waals surface area contributed by atoms with Crippen LogP contribution in [-0.4, -0.2) is 4.98 Å². The van der Waals surface area contributed by atoms with E-state index in [1.807, 2.05) is 11.3 Å². The van der Waals surface area contributed by atoms with Crippen molar-refractivity contribution in [3.8, 4) is 0 Å². The van der Waals surface area contributed by atoms with Crippen LogP contribution in [0, 0.1) is 5.92 Å². The van der Waals surface area contributed by atoms with Gasteiger partial charge < -0.3 is 5.73 Å². The van der Waals surface area contributed by atoms with Crippen LogP contribution in [0.5, 0.6) is 0 Å². The Labute approximate surface area is 115 Å². The zero-order valence-corrected chi connectivity index (χ0v) is 12.6. The number of nitrogens with two attached hydrogens (primary N) is 1. The van der Waals surface area contributed by atoms with Crippen LogP contribution >= 0.6 is 11.3 Å². The van der Waals surface area contributed by atoms with Crippen molar-refractivity contribution in [1.82, 2.24) is 4.98 Å². The quantitative estimate of drug-likeness (QED) is 0.866. The van der Waals surface area contributed by atoms with Crippen LogP contribution in [0.2, 0.25) is 0 Å². The molecule has 18 heavy (non-hydrogen) atoms. The Morgan fingerprint density at radius 3 is 2.44 bits per heavy atom. The van der Waals surface area contributed by atoms with Gasteiger partial charge in [-0.2, -0.15) is 0 Å². The molecule has 2 nitrogen and oxygen atoms in total. The van der Waals surface area contributed by atoms with E-state index in [4.69, 9.17) is 10.7 Å². The molecule has 0 unspecified atom stereocenters. The van der Waals surface area contributed by atoms with Crippen molar-refractivity contribution in [2.75, 3.05) is 0 Å². The highest BCUT2D eigenvalue weighted by Gasteiger charge is 2.24. The second kappa shape index (κ2) is 6.67. The summed E-state index contributed by atoms with van der Waals surface area (Å²) in [6, 6.07) is 0. The summed E-state index contributed by atoms with van der Waals surface area (Å²) in [7, 11) is 0. The zero-order chi connectivity index (χ0) is 13.0. The first kappa shape index (κ1) is 14.0. The normalized spacial score (nSPS) is 24.4. The number of hydrogen-bond acceptors (Lipinski definition) is 3. The standard InChI is InChI=1S/C15H26N2S/c1-3-5-11-6-8-12(9-7-11)15-17-13(4-2)14(10-16)18-15/h11-12H,3-10,16H2,1-2H3. The Kier molecular flexibility index (Phi) is 5.19. The summed E-state index contributed by atoms with van der Waals surface area (Å²) in [6.45, 7) is 5.14. The molecule has 0 aliphatic heterocycles. The lowest BCUT2D eigenvalue weighted by atomic mass is 9.80. The Balaban J connectivity index is 1.98. The summed E-state index contributed by atoms with van der Waals surface area (Å²) in [4.78, 5) is 6.14. The fourth-order valence-electron chi connectivity index (χ4n) is 3.12. The first-order chi connectivity index (χ1) is 8.78. The Morgan fingerprint density at radius 2 is 1.94 bits per heavy atom. The average molecular weight is 266 g/mol. The highest BCUT2D eigenvalue weighted by molar-refractivity contribution is 7.11. The molecule has 1 aromatic rings. The summed E-state index contributed by atoms with van der Waals surface area (Å²) in [6.07, 6.45) is 9.25. The van der Waals surface area contributed by atoms with Gasteiger partial charge in [-0.3, -0.25) is 0 Å². The first-order valence-corrected chi connectivity index (χ1v) is 8.28. The Morgan fingerprint density at radius 1 is 1.22 bits per heavy atom. The maximum atomic E-state index is 5.80. The molecule has 1 heterocycles. The number of hydrogen-bond donors (Lipinski definition) is 1. The van der Waals surface area contributed by atoms with Gasteiger partial charge in [-0.05, 0) is 38.0 Å². The van der Waals surface area contributed by atoms with Crippen LogP contribution in [0.3, 0.4) is 0 Å². The van der Waals surface area contributed by atoms with E-state index in [0.717, 1.165) is 12.3 Å². The third kappa shape index (κ3) is 3.12. The summed E-state index contributed by atoms with van der Waals surface area (Å²) in [5.41, 5.74) is 7.04. The molecule has 0 spiro atoms. The molecule has 1 aromatic heterocycles. The van der Waals surface area contributed by atoms with Crippen LogP contribution in [-0.2, 0) is 13.0 Å². The molecule has 0 bridgehead atoms. The number of thiazole rings is 1. The minimum absolute atomic E-state index is 0.659. The lowest BCUT2D eigenvalue weighted by Gasteiger charge is -2.27. The van der Waals surface area contributed by atoms with Gasteiger partial charge in [0.05, 0.1) is 10.7 Å². The van der Waals surface area contributed by atoms with E-state index in [-0.39, 0.29) is 0 Å². The maximum absolute atomic E-state index is 5.80. The maximum Gasteiger partial charge on any atom is 0.0962 e. The van der Waals surface area contributed by atoms with E-state index in [2.05, 4.69) is 13.8 Å². The highest BCUT2D eigenvalue weighted by Crippen LogP contribution is 2.39. The molecule has 1 saturated carbocycles. The highest BCUT2D eigenvalue weighted by atomic mass is 32.1.